The average Bonchev–Trinajstić information content (AvgIpc) is 2.85. The van der Waals surface area contributed by atoms with Crippen LogP contribution < -0.4 is 4.72 Å². The summed E-state index contributed by atoms with van der Waals surface area (Å²) >= 11 is 13.2. The van der Waals surface area contributed by atoms with Gasteiger partial charge in [0.25, 0.3) is 10.0 Å². The van der Waals surface area contributed by atoms with E-state index in [4.69, 9.17) is 23.2 Å². The molecule has 8 nitrogen and oxygen atoms in total. The number of rotatable bonds is 12. The Kier molecular flexibility index (Phi) is 10.2. The number of carbonyl (C=O) groups is 1. The normalized spacial score (nSPS) is 12.1. The first kappa shape index (κ1) is 30.4. The van der Waals surface area contributed by atoms with Crippen LogP contribution in [-0.4, -0.2) is 45.0 Å². The van der Waals surface area contributed by atoms with E-state index in [-0.39, 0.29) is 38.5 Å². The van der Waals surface area contributed by atoms with Gasteiger partial charge in [0.15, 0.2) is 5.78 Å². The van der Waals surface area contributed by atoms with Gasteiger partial charge in [0.05, 0.1) is 9.92 Å². The lowest BCUT2D eigenvalue weighted by atomic mass is 10.1. The number of aromatic nitrogens is 1. The van der Waals surface area contributed by atoms with Crippen molar-refractivity contribution in [3.63, 3.8) is 0 Å². The first-order valence-corrected chi connectivity index (χ1v) is 16.2. The fourth-order valence-corrected chi connectivity index (χ4v) is 7.69. The van der Waals surface area contributed by atoms with E-state index >= 15 is 0 Å². The maximum absolute atomic E-state index is 12.9. The van der Waals surface area contributed by atoms with Crippen molar-refractivity contribution in [3.8, 4) is 0 Å². The van der Waals surface area contributed by atoms with Gasteiger partial charge in [0.1, 0.15) is 16.4 Å². The molecule has 0 aliphatic heterocycles. The Hall–Kier alpha value is -2.15. The number of carbonyl (C=O) groups excluding carboxylic acids is 1. The van der Waals surface area contributed by atoms with Crippen LogP contribution in [0.25, 0.3) is 0 Å². The number of ketones is 1. The van der Waals surface area contributed by atoms with Crippen molar-refractivity contribution >= 4 is 66.6 Å². The van der Waals surface area contributed by atoms with Gasteiger partial charge in [-0.25, -0.2) is 21.8 Å². The number of anilines is 1. The molecule has 0 aliphatic rings. The number of nitrogens with zero attached hydrogens (tertiary/aromatic N) is 2. The Bertz CT molecular complexity index is 1530. The maximum Gasteiger partial charge on any atom is 0.264 e. The summed E-state index contributed by atoms with van der Waals surface area (Å²) in [6.07, 6.45) is 0.805. The molecular formula is C25H27Cl2N3O5S3. The summed E-state index contributed by atoms with van der Waals surface area (Å²) in [6, 6.07) is 13.4. The second-order valence-electron chi connectivity index (χ2n) is 8.06. The molecule has 13 heteroatoms. The Morgan fingerprint density at radius 3 is 2.18 bits per heavy atom. The summed E-state index contributed by atoms with van der Waals surface area (Å²) in [4.78, 5) is 18.4. The highest BCUT2D eigenvalue weighted by Gasteiger charge is 2.23. The first-order valence-electron chi connectivity index (χ1n) is 11.7. The molecule has 1 aromatic heterocycles. The van der Waals surface area contributed by atoms with Gasteiger partial charge in [-0.15, -0.1) is 0 Å². The number of hydrogen-bond acceptors (Lipinski definition) is 7. The number of hydrogen-bond donors (Lipinski definition) is 1. The fourth-order valence-electron chi connectivity index (χ4n) is 3.54. The topological polar surface area (TPSA) is 114 Å². The van der Waals surface area contributed by atoms with E-state index < -0.39 is 20.0 Å². The zero-order valence-electron chi connectivity index (χ0n) is 20.9. The predicted octanol–water partition coefficient (Wildman–Crippen LogP) is 6.35. The van der Waals surface area contributed by atoms with E-state index in [9.17, 15) is 21.6 Å². The molecule has 0 saturated heterocycles. The minimum atomic E-state index is -4.10. The third kappa shape index (κ3) is 7.08. The monoisotopic (exact) mass is 615 g/mol. The van der Waals surface area contributed by atoms with Gasteiger partial charge in [-0.1, -0.05) is 55.7 Å². The first-order chi connectivity index (χ1) is 17.9. The van der Waals surface area contributed by atoms with Gasteiger partial charge < -0.3 is 0 Å². The summed E-state index contributed by atoms with van der Waals surface area (Å²) in [5.41, 5.74) is 0.110. The lowest BCUT2D eigenvalue weighted by Gasteiger charge is -2.18. The molecule has 0 bridgehead atoms. The number of nitrogens with one attached hydrogen (secondary N) is 1. The Morgan fingerprint density at radius 1 is 0.947 bits per heavy atom. The highest BCUT2D eigenvalue weighted by atomic mass is 35.5. The average molecular weight is 617 g/mol. The SMILES string of the molecule is CCCC(=O)c1nc(NS(=O)(=O)c2ccc(Cl)cc2Cl)ccc1Sc1ccc(S(=O)(=O)N(CC)CC)cc1. The van der Waals surface area contributed by atoms with Gasteiger partial charge in [-0.2, -0.15) is 4.31 Å². The van der Waals surface area contributed by atoms with E-state index in [0.717, 1.165) is 0 Å². The summed E-state index contributed by atoms with van der Waals surface area (Å²) < 4.78 is 55.1. The summed E-state index contributed by atoms with van der Waals surface area (Å²) in [7, 11) is -7.70. The largest absolute Gasteiger partial charge is 0.292 e. The van der Waals surface area contributed by atoms with Gasteiger partial charge >= 0.3 is 0 Å². The second kappa shape index (κ2) is 12.8. The van der Waals surface area contributed by atoms with E-state index in [1.807, 2.05) is 6.92 Å². The van der Waals surface area contributed by atoms with Crippen LogP contribution in [0.2, 0.25) is 10.0 Å². The van der Waals surface area contributed by atoms with Crippen molar-refractivity contribution in [2.45, 2.75) is 53.2 Å². The fraction of sp³-hybridized carbons (Fsp3) is 0.280. The molecule has 38 heavy (non-hydrogen) atoms. The molecule has 0 fully saturated rings. The second-order valence-corrected chi connectivity index (χ2v) is 13.6. The Balaban J connectivity index is 1.92. The van der Waals surface area contributed by atoms with Crippen molar-refractivity contribution in [2.75, 3.05) is 17.8 Å². The van der Waals surface area contributed by atoms with Crippen LogP contribution in [0.3, 0.4) is 0 Å². The van der Waals surface area contributed by atoms with Crippen LogP contribution >= 0.6 is 35.0 Å². The summed E-state index contributed by atoms with van der Waals surface area (Å²) in [5.74, 6) is -0.290. The maximum atomic E-state index is 12.9. The zero-order valence-corrected chi connectivity index (χ0v) is 24.9. The molecule has 0 radical (unpaired) electrons. The van der Waals surface area contributed by atoms with Crippen LogP contribution in [0.1, 0.15) is 44.1 Å². The minimum absolute atomic E-state index is 0.0412. The third-order valence-electron chi connectivity index (χ3n) is 5.42. The molecule has 0 unspecified atom stereocenters. The van der Waals surface area contributed by atoms with Gasteiger partial charge in [0, 0.05) is 34.3 Å². The molecule has 204 valence electrons. The standard InChI is InChI=1S/C25H27Cl2N3O5S3/c1-4-7-21(31)25-22(36-18-9-11-19(12-10-18)38(34,35)30(5-2)6-3)13-15-24(28-25)29-37(32,33)23-14-8-17(26)16-20(23)27/h8-16H,4-7H2,1-3H3,(H,28,29). The molecule has 1 heterocycles. The number of sulfonamides is 2. The molecule has 1 N–H and O–H groups in total. The van der Waals surface area contributed by atoms with Crippen molar-refractivity contribution in [1.29, 1.82) is 0 Å². The van der Waals surface area contributed by atoms with Crippen LogP contribution in [0.15, 0.2) is 74.2 Å². The smallest absolute Gasteiger partial charge is 0.264 e. The van der Waals surface area contributed by atoms with Crippen molar-refractivity contribution in [1.82, 2.24) is 9.29 Å². The molecule has 0 atom stereocenters. The molecule has 0 saturated carbocycles. The zero-order chi connectivity index (χ0) is 28.1. The van der Waals surface area contributed by atoms with Crippen LogP contribution in [0.5, 0.6) is 0 Å². The van der Waals surface area contributed by atoms with Crippen molar-refractivity contribution in [3.05, 3.63) is 70.3 Å². The van der Waals surface area contributed by atoms with Gasteiger partial charge in [0.2, 0.25) is 10.0 Å². The highest BCUT2D eigenvalue weighted by Crippen LogP contribution is 2.33. The summed E-state index contributed by atoms with van der Waals surface area (Å²) in [5, 5.41) is 0.241. The molecule has 0 amide bonds. The number of benzene rings is 2. The highest BCUT2D eigenvalue weighted by molar-refractivity contribution is 7.99. The van der Waals surface area contributed by atoms with Crippen LogP contribution in [-0.2, 0) is 20.0 Å². The number of pyridine rings is 1. The quantitative estimate of drug-likeness (QED) is 0.236. The predicted molar refractivity (Wildman–Crippen MR) is 151 cm³/mol. The van der Waals surface area contributed by atoms with Crippen molar-refractivity contribution in [2.24, 2.45) is 0 Å². The van der Waals surface area contributed by atoms with E-state index in [2.05, 4.69) is 9.71 Å². The van der Waals surface area contributed by atoms with Gasteiger partial charge in [-0.3, -0.25) is 9.52 Å². The summed E-state index contributed by atoms with van der Waals surface area (Å²) in [6.45, 7) is 6.14. The molecule has 0 spiro atoms. The molecular weight excluding hydrogens is 589 g/mol. The molecule has 2 aromatic carbocycles. The van der Waals surface area contributed by atoms with Crippen molar-refractivity contribution < 1.29 is 21.6 Å². The van der Waals surface area contributed by atoms with Crippen LogP contribution in [0, 0.1) is 0 Å². The van der Waals surface area contributed by atoms with E-state index in [0.29, 0.717) is 34.3 Å². The Labute approximate surface area is 237 Å². The Morgan fingerprint density at radius 2 is 1.61 bits per heavy atom. The molecule has 3 rings (SSSR count). The minimum Gasteiger partial charge on any atom is -0.292 e. The third-order valence-corrected chi connectivity index (χ3v) is 10.6. The molecule has 3 aromatic rings. The van der Waals surface area contributed by atoms with E-state index in [1.165, 1.54) is 52.5 Å². The van der Waals surface area contributed by atoms with Gasteiger partial charge in [-0.05, 0) is 61.0 Å². The lowest BCUT2D eigenvalue weighted by Crippen LogP contribution is -2.30. The number of Topliss-reactive ketones (excluding diaryl/α,β-unsaturated/α-hetero) is 1. The lowest BCUT2D eigenvalue weighted by molar-refractivity contribution is 0.0974. The molecule has 0 aliphatic carbocycles. The van der Waals surface area contributed by atoms with E-state index in [1.54, 1.807) is 32.0 Å². The number of halogens is 2. The van der Waals surface area contributed by atoms with Crippen LogP contribution in [0.4, 0.5) is 5.82 Å².